The van der Waals surface area contributed by atoms with Crippen molar-refractivity contribution in [3.05, 3.63) is 35.9 Å². The van der Waals surface area contributed by atoms with Gasteiger partial charge in [-0.1, -0.05) is 49.1 Å². The molecule has 0 N–H and O–H groups in total. The molecule has 3 heteroatoms. The predicted molar refractivity (Wildman–Crippen MR) is 86.0 cm³/mol. The molecule has 22 heavy (non-hydrogen) atoms. The molecule has 3 nitrogen and oxygen atoms in total. The fraction of sp³-hybridized carbons (Fsp3) is 0.526. The number of carbonyl (C=O) groups excluding carboxylic acids is 1. The SMILES string of the molecule is C#CCN(Cc1ccccc1)CC1CC2(CCCC2)C(=O)O1. The second-order valence-electron chi connectivity index (χ2n) is 6.58. The quantitative estimate of drug-likeness (QED) is 0.618. The topological polar surface area (TPSA) is 29.5 Å². The Bertz CT molecular complexity index is 555. The van der Waals surface area contributed by atoms with Gasteiger partial charge in [-0.05, 0) is 18.4 Å². The first-order valence-electron chi connectivity index (χ1n) is 8.13. The van der Waals surface area contributed by atoms with Crippen LogP contribution >= 0.6 is 0 Å². The smallest absolute Gasteiger partial charge is 0.312 e. The molecular weight excluding hydrogens is 274 g/mol. The van der Waals surface area contributed by atoms with Gasteiger partial charge in [0.25, 0.3) is 0 Å². The Labute approximate surface area is 132 Å². The number of rotatable bonds is 5. The number of carbonyl (C=O) groups is 1. The van der Waals surface area contributed by atoms with E-state index in [-0.39, 0.29) is 17.5 Å². The van der Waals surface area contributed by atoms with Crippen LogP contribution < -0.4 is 0 Å². The molecule has 1 unspecified atom stereocenters. The minimum Gasteiger partial charge on any atom is -0.461 e. The number of cyclic esters (lactones) is 1. The lowest BCUT2D eigenvalue weighted by molar-refractivity contribution is -0.149. The highest BCUT2D eigenvalue weighted by atomic mass is 16.6. The molecule has 1 aliphatic carbocycles. The third-order valence-corrected chi connectivity index (χ3v) is 4.91. The van der Waals surface area contributed by atoms with Crippen LogP contribution in [0.25, 0.3) is 0 Å². The predicted octanol–water partition coefficient (Wildman–Crippen LogP) is 3.00. The lowest BCUT2D eigenvalue weighted by atomic mass is 9.83. The zero-order valence-corrected chi connectivity index (χ0v) is 13.0. The van der Waals surface area contributed by atoms with Crippen molar-refractivity contribution in [3.8, 4) is 12.3 Å². The van der Waals surface area contributed by atoms with Gasteiger partial charge >= 0.3 is 5.97 Å². The van der Waals surface area contributed by atoms with Gasteiger partial charge in [-0.15, -0.1) is 6.42 Å². The Morgan fingerprint density at radius 1 is 1.27 bits per heavy atom. The number of esters is 1. The fourth-order valence-electron chi connectivity index (χ4n) is 3.84. The number of benzene rings is 1. The zero-order valence-electron chi connectivity index (χ0n) is 13.0. The van der Waals surface area contributed by atoms with Gasteiger partial charge in [0.1, 0.15) is 6.10 Å². The fourth-order valence-corrected chi connectivity index (χ4v) is 3.84. The maximum atomic E-state index is 12.2. The van der Waals surface area contributed by atoms with Crippen LogP contribution in [0.15, 0.2) is 30.3 Å². The molecule has 0 aromatic heterocycles. The summed E-state index contributed by atoms with van der Waals surface area (Å²) < 4.78 is 5.66. The van der Waals surface area contributed by atoms with E-state index < -0.39 is 0 Å². The minimum atomic E-state index is -0.181. The van der Waals surface area contributed by atoms with E-state index in [1.165, 1.54) is 5.56 Å². The molecule has 1 aliphatic heterocycles. The van der Waals surface area contributed by atoms with Crippen molar-refractivity contribution in [1.29, 1.82) is 0 Å². The van der Waals surface area contributed by atoms with E-state index in [0.29, 0.717) is 6.54 Å². The average molecular weight is 297 g/mol. The summed E-state index contributed by atoms with van der Waals surface area (Å²) in [5.74, 6) is 2.74. The Hall–Kier alpha value is -1.79. The molecule has 0 bridgehead atoms. The summed E-state index contributed by atoms with van der Waals surface area (Å²) >= 11 is 0. The summed E-state index contributed by atoms with van der Waals surface area (Å²) in [5, 5.41) is 0. The Morgan fingerprint density at radius 3 is 2.68 bits per heavy atom. The van der Waals surface area contributed by atoms with Gasteiger partial charge in [0.15, 0.2) is 0 Å². The van der Waals surface area contributed by atoms with E-state index in [1.54, 1.807) is 0 Å². The number of terminal acetylenes is 1. The van der Waals surface area contributed by atoms with Gasteiger partial charge in [-0.2, -0.15) is 0 Å². The number of ether oxygens (including phenoxy) is 1. The van der Waals surface area contributed by atoms with Crippen LogP contribution in [0.1, 0.15) is 37.7 Å². The maximum absolute atomic E-state index is 12.2. The van der Waals surface area contributed by atoms with E-state index >= 15 is 0 Å². The molecule has 1 spiro atoms. The normalized spacial score (nSPS) is 22.9. The third kappa shape index (κ3) is 3.18. The molecule has 1 aromatic carbocycles. The van der Waals surface area contributed by atoms with Crippen LogP contribution in [0.5, 0.6) is 0 Å². The minimum absolute atomic E-state index is 0.0114. The van der Waals surface area contributed by atoms with Crippen molar-refractivity contribution in [1.82, 2.24) is 4.90 Å². The van der Waals surface area contributed by atoms with Crippen LogP contribution in [0.4, 0.5) is 0 Å². The van der Waals surface area contributed by atoms with E-state index in [2.05, 4.69) is 23.0 Å². The molecule has 1 aromatic rings. The largest absolute Gasteiger partial charge is 0.461 e. The van der Waals surface area contributed by atoms with Crippen LogP contribution in [0, 0.1) is 17.8 Å². The molecule has 116 valence electrons. The van der Waals surface area contributed by atoms with E-state index in [4.69, 9.17) is 11.2 Å². The molecule has 1 saturated carbocycles. The molecule has 2 aliphatic rings. The molecule has 1 atom stereocenters. The van der Waals surface area contributed by atoms with Gasteiger partial charge in [-0.25, -0.2) is 0 Å². The lowest BCUT2D eigenvalue weighted by Gasteiger charge is -2.23. The highest BCUT2D eigenvalue weighted by Gasteiger charge is 2.50. The molecule has 2 fully saturated rings. The van der Waals surface area contributed by atoms with Crippen LogP contribution in [0.2, 0.25) is 0 Å². The Balaban J connectivity index is 1.62. The Kier molecular flexibility index (Phi) is 4.49. The second-order valence-corrected chi connectivity index (χ2v) is 6.58. The zero-order chi connectivity index (χ0) is 15.4. The average Bonchev–Trinajstić information content (AvgIpc) is 3.09. The summed E-state index contributed by atoms with van der Waals surface area (Å²) in [6.45, 7) is 2.11. The molecule has 1 heterocycles. The van der Waals surface area contributed by atoms with Crippen molar-refractivity contribution in [3.63, 3.8) is 0 Å². The summed E-state index contributed by atoms with van der Waals surface area (Å²) in [6.07, 6.45) is 10.6. The van der Waals surface area contributed by atoms with Crippen LogP contribution in [-0.4, -0.2) is 30.1 Å². The number of nitrogens with zero attached hydrogens (tertiary/aromatic N) is 1. The molecule has 0 amide bonds. The van der Waals surface area contributed by atoms with Gasteiger partial charge in [0.05, 0.1) is 12.0 Å². The van der Waals surface area contributed by atoms with E-state index in [0.717, 1.165) is 45.2 Å². The number of hydrogen-bond donors (Lipinski definition) is 0. The van der Waals surface area contributed by atoms with E-state index in [1.807, 2.05) is 18.2 Å². The van der Waals surface area contributed by atoms with Gasteiger partial charge in [0.2, 0.25) is 0 Å². The molecular formula is C19H23NO2. The van der Waals surface area contributed by atoms with Crippen LogP contribution in [-0.2, 0) is 16.1 Å². The highest BCUT2D eigenvalue weighted by Crippen LogP contribution is 2.47. The first kappa shape index (κ1) is 15.1. The lowest BCUT2D eigenvalue weighted by Crippen LogP contribution is -2.32. The van der Waals surface area contributed by atoms with Crippen molar-refractivity contribution in [2.24, 2.45) is 5.41 Å². The van der Waals surface area contributed by atoms with Crippen molar-refractivity contribution in [2.45, 2.75) is 44.8 Å². The standard InChI is InChI=1S/C19H23NO2/c1-2-12-20(14-16-8-4-3-5-9-16)15-17-13-19(18(21)22-17)10-6-7-11-19/h1,3-5,8-9,17H,6-7,10-15H2. The van der Waals surface area contributed by atoms with Crippen molar-refractivity contribution >= 4 is 5.97 Å². The molecule has 1 saturated heterocycles. The highest BCUT2D eigenvalue weighted by molar-refractivity contribution is 5.79. The first-order valence-corrected chi connectivity index (χ1v) is 8.13. The van der Waals surface area contributed by atoms with E-state index in [9.17, 15) is 4.79 Å². The van der Waals surface area contributed by atoms with Crippen molar-refractivity contribution < 1.29 is 9.53 Å². The molecule has 3 rings (SSSR count). The van der Waals surface area contributed by atoms with Crippen LogP contribution in [0.3, 0.4) is 0 Å². The summed E-state index contributed by atoms with van der Waals surface area (Å²) in [5.41, 5.74) is 1.05. The number of hydrogen-bond acceptors (Lipinski definition) is 3. The van der Waals surface area contributed by atoms with Gasteiger partial charge < -0.3 is 4.74 Å². The first-order chi connectivity index (χ1) is 10.7. The maximum Gasteiger partial charge on any atom is 0.312 e. The monoisotopic (exact) mass is 297 g/mol. The molecule has 0 radical (unpaired) electrons. The Morgan fingerprint density at radius 2 is 2.00 bits per heavy atom. The van der Waals surface area contributed by atoms with Gasteiger partial charge in [0, 0.05) is 19.5 Å². The van der Waals surface area contributed by atoms with Crippen molar-refractivity contribution in [2.75, 3.05) is 13.1 Å². The van der Waals surface area contributed by atoms with Gasteiger partial charge in [-0.3, -0.25) is 9.69 Å². The second kappa shape index (κ2) is 6.54. The third-order valence-electron chi connectivity index (χ3n) is 4.91. The summed E-state index contributed by atoms with van der Waals surface area (Å²) in [4.78, 5) is 14.4. The summed E-state index contributed by atoms with van der Waals surface area (Å²) in [7, 11) is 0. The summed E-state index contributed by atoms with van der Waals surface area (Å²) in [6, 6.07) is 10.3.